The lowest BCUT2D eigenvalue weighted by Gasteiger charge is -2.27. The summed E-state index contributed by atoms with van der Waals surface area (Å²) in [5, 5.41) is 19.0. The molecule has 1 heterocycles. The van der Waals surface area contributed by atoms with Crippen LogP contribution in [0.15, 0.2) is 29.3 Å². The number of aliphatic imine (C=N–C) groups is 1. The zero-order valence-electron chi connectivity index (χ0n) is 18.6. The van der Waals surface area contributed by atoms with Crippen LogP contribution in [-0.4, -0.2) is 55.4 Å². The Bertz CT molecular complexity index is 698. The largest absolute Gasteiger partial charge is 0.396 e. The van der Waals surface area contributed by atoms with Crippen LogP contribution in [0.25, 0.3) is 0 Å². The molecule has 1 fully saturated rings. The van der Waals surface area contributed by atoms with Gasteiger partial charge in [0.05, 0.1) is 13.2 Å². The van der Waals surface area contributed by atoms with Crippen LogP contribution >= 0.6 is 24.0 Å². The summed E-state index contributed by atoms with van der Waals surface area (Å²) in [5.74, 6) is 0.641. The molecule has 7 nitrogen and oxygen atoms in total. The Labute approximate surface area is 197 Å². The molecule has 0 saturated carbocycles. The second kappa shape index (κ2) is 12.5. The van der Waals surface area contributed by atoms with E-state index in [9.17, 15) is 9.90 Å². The van der Waals surface area contributed by atoms with E-state index in [4.69, 9.17) is 4.74 Å². The molecule has 0 spiro atoms. The normalized spacial score (nSPS) is 19.2. The lowest BCUT2D eigenvalue weighted by Crippen LogP contribution is -2.44. The summed E-state index contributed by atoms with van der Waals surface area (Å²) in [6, 6.07) is 7.55. The predicted molar refractivity (Wildman–Crippen MR) is 131 cm³/mol. The van der Waals surface area contributed by atoms with Crippen molar-refractivity contribution >= 4 is 35.8 Å². The summed E-state index contributed by atoms with van der Waals surface area (Å²) in [5.41, 5.74) is 1.28. The highest BCUT2D eigenvalue weighted by Gasteiger charge is 2.34. The van der Waals surface area contributed by atoms with E-state index in [1.54, 1.807) is 0 Å². The van der Waals surface area contributed by atoms with Crippen LogP contribution in [0.3, 0.4) is 0 Å². The average molecular weight is 532 g/mol. The van der Waals surface area contributed by atoms with Crippen molar-refractivity contribution in [3.63, 3.8) is 0 Å². The van der Waals surface area contributed by atoms with Gasteiger partial charge >= 0.3 is 0 Å². The molecular formula is C22H37IN4O3. The van der Waals surface area contributed by atoms with Gasteiger partial charge in [-0.05, 0) is 58.2 Å². The van der Waals surface area contributed by atoms with Gasteiger partial charge in [0.15, 0.2) is 5.96 Å². The summed E-state index contributed by atoms with van der Waals surface area (Å²) in [7, 11) is 0. The highest BCUT2D eigenvalue weighted by atomic mass is 127. The number of aliphatic hydroxyl groups excluding tert-OH is 1. The third-order valence-electron chi connectivity index (χ3n) is 4.90. The molecule has 1 atom stereocenters. The first kappa shape index (κ1) is 26.6. The number of nitrogens with one attached hydrogen (secondary N) is 3. The van der Waals surface area contributed by atoms with Crippen molar-refractivity contribution in [2.24, 2.45) is 10.4 Å². The van der Waals surface area contributed by atoms with Crippen LogP contribution < -0.4 is 16.0 Å². The van der Waals surface area contributed by atoms with Crippen LogP contribution in [0.4, 0.5) is 0 Å². The molecule has 1 amide bonds. The molecule has 2 rings (SSSR count). The predicted octanol–water partition coefficient (Wildman–Crippen LogP) is 2.68. The van der Waals surface area contributed by atoms with Crippen LogP contribution in [0, 0.1) is 5.41 Å². The summed E-state index contributed by atoms with van der Waals surface area (Å²) < 4.78 is 5.56. The van der Waals surface area contributed by atoms with Gasteiger partial charge in [-0.25, -0.2) is 4.99 Å². The van der Waals surface area contributed by atoms with E-state index in [0.29, 0.717) is 31.7 Å². The van der Waals surface area contributed by atoms with Crippen LogP contribution in [0.2, 0.25) is 0 Å². The molecule has 1 aliphatic heterocycles. The number of rotatable bonds is 8. The van der Waals surface area contributed by atoms with Gasteiger partial charge in [0.2, 0.25) is 0 Å². The minimum atomic E-state index is -0.276. The van der Waals surface area contributed by atoms with Crippen molar-refractivity contribution in [3.05, 3.63) is 35.4 Å². The lowest BCUT2D eigenvalue weighted by molar-refractivity contribution is 0.0919. The van der Waals surface area contributed by atoms with E-state index in [-0.39, 0.29) is 47.4 Å². The molecule has 1 aromatic carbocycles. The van der Waals surface area contributed by atoms with E-state index in [0.717, 1.165) is 31.1 Å². The van der Waals surface area contributed by atoms with Crippen LogP contribution in [-0.2, 0) is 11.3 Å². The number of carbonyl (C=O) groups is 1. The van der Waals surface area contributed by atoms with Gasteiger partial charge in [0, 0.05) is 42.8 Å². The first-order valence-electron chi connectivity index (χ1n) is 10.4. The van der Waals surface area contributed by atoms with Gasteiger partial charge in [0.25, 0.3) is 5.91 Å². The fraction of sp³-hybridized carbons (Fsp3) is 0.636. The highest BCUT2D eigenvalue weighted by molar-refractivity contribution is 14.0. The third-order valence-corrected chi connectivity index (χ3v) is 4.90. The summed E-state index contributed by atoms with van der Waals surface area (Å²) in [6.45, 7) is 11.4. The fourth-order valence-electron chi connectivity index (χ4n) is 3.32. The van der Waals surface area contributed by atoms with E-state index in [2.05, 4.69) is 20.9 Å². The van der Waals surface area contributed by atoms with E-state index in [1.165, 1.54) is 0 Å². The summed E-state index contributed by atoms with van der Waals surface area (Å²) in [6.07, 6.45) is 1.65. The zero-order chi connectivity index (χ0) is 21.3. The zero-order valence-corrected chi connectivity index (χ0v) is 20.9. The minimum Gasteiger partial charge on any atom is -0.396 e. The molecule has 170 valence electrons. The number of guanidine groups is 1. The Hall–Kier alpha value is -1.39. The Balaban J connectivity index is 0.00000450. The molecule has 8 heteroatoms. The maximum atomic E-state index is 12.4. The molecule has 1 saturated heterocycles. The van der Waals surface area contributed by atoms with Crippen molar-refractivity contribution in [2.45, 2.75) is 52.6 Å². The topological polar surface area (TPSA) is 95.0 Å². The Morgan fingerprint density at radius 2 is 2.07 bits per heavy atom. The number of halogens is 1. The van der Waals surface area contributed by atoms with Gasteiger partial charge in [-0.15, -0.1) is 24.0 Å². The van der Waals surface area contributed by atoms with Crippen molar-refractivity contribution in [2.75, 3.05) is 32.9 Å². The maximum absolute atomic E-state index is 12.4. The van der Waals surface area contributed by atoms with Crippen molar-refractivity contribution in [1.29, 1.82) is 0 Å². The maximum Gasteiger partial charge on any atom is 0.251 e. The Morgan fingerprint density at radius 1 is 1.30 bits per heavy atom. The van der Waals surface area contributed by atoms with E-state index < -0.39 is 0 Å². The molecule has 1 unspecified atom stereocenters. The van der Waals surface area contributed by atoms with Crippen molar-refractivity contribution in [3.8, 4) is 0 Å². The summed E-state index contributed by atoms with van der Waals surface area (Å²) >= 11 is 0. The van der Waals surface area contributed by atoms with Crippen molar-refractivity contribution < 1.29 is 14.6 Å². The number of ether oxygens (including phenoxy) is 1. The standard InChI is InChI=1S/C22H36N4O3.HI/c1-5-23-20(25-15-22(9-11-27)10-12-29-16-22)24-14-17-7-6-8-18(13-17)19(28)26-21(2,3)4;/h6-8,13,27H,5,9-12,14-16H2,1-4H3,(H,26,28)(H2,23,24,25);1H. The molecule has 0 aliphatic carbocycles. The monoisotopic (exact) mass is 532 g/mol. The number of amides is 1. The average Bonchev–Trinajstić information content (AvgIpc) is 3.12. The number of nitrogens with zero attached hydrogens (tertiary/aromatic N) is 1. The van der Waals surface area contributed by atoms with Gasteiger partial charge in [-0.3, -0.25) is 4.79 Å². The van der Waals surface area contributed by atoms with E-state index in [1.807, 2.05) is 52.0 Å². The quantitative estimate of drug-likeness (QED) is 0.235. The van der Waals surface area contributed by atoms with Crippen molar-refractivity contribution in [1.82, 2.24) is 16.0 Å². The Morgan fingerprint density at radius 3 is 2.67 bits per heavy atom. The van der Waals surface area contributed by atoms with Crippen LogP contribution in [0.1, 0.15) is 56.5 Å². The number of carbonyl (C=O) groups excluding carboxylic acids is 1. The molecule has 0 aromatic heterocycles. The fourth-order valence-corrected chi connectivity index (χ4v) is 3.32. The SMILES string of the molecule is CCNC(=NCc1cccc(C(=O)NC(C)(C)C)c1)NCC1(CCO)CCOC1.I. The lowest BCUT2D eigenvalue weighted by atomic mass is 9.84. The molecule has 1 aliphatic rings. The van der Waals surface area contributed by atoms with Gasteiger partial charge in [-0.1, -0.05) is 12.1 Å². The second-order valence-corrected chi connectivity index (χ2v) is 8.73. The van der Waals surface area contributed by atoms with Gasteiger partial charge in [-0.2, -0.15) is 0 Å². The second-order valence-electron chi connectivity index (χ2n) is 8.73. The first-order chi connectivity index (χ1) is 13.8. The smallest absolute Gasteiger partial charge is 0.251 e. The first-order valence-corrected chi connectivity index (χ1v) is 10.4. The molecule has 0 radical (unpaired) electrons. The van der Waals surface area contributed by atoms with E-state index >= 15 is 0 Å². The van der Waals surface area contributed by atoms with Crippen LogP contribution in [0.5, 0.6) is 0 Å². The third kappa shape index (κ3) is 8.77. The molecule has 1 aromatic rings. The minimum absolute atomic E-state index is 0. The number of hydrogen-bond acceptors (Lipinski definition) is 4. The molecule has 0 bridgehead atoms. The van der Waals surface area contributed by atoms with Gasteiger partial charge < -0.3 is 25.8 Å². The number of hydrogen-bond donors (Lipinski definition) is 4. The summed E-state index contributed by atoms with van der Waals surface area (Å²) in [4.78, 5) is 17.1. The highest BCUT2D eigenvalue weighted by Crippen LogP contribution is 2.31. The number of benzene rings is 1. The molecule has 30 heavy (non-hydrogen) atoms. The van der Waals surface area contributed by atoms with Gasteiger partial charge in [0.1, 0.15) is 0 Å². The molecular weight excluding hydrogens is 495 g/mol. The molecule has 4 N–H and O–H groups in total. The Kier molecular flexibility index (Phi) is 11.1. The number of aliphatic hydroxyl groups is 1.